The van der Waals surface area contributed by atoms with Gasteiger partial charge in [-0.3, -0.25) is 4.79 Å². The molecule has 0 aliphatic carbocycles. The number of carbonyl (C=O) groups excluding carboxylic acids is 1. The summed E-state index contributed by atoms with van der Waals surface area (Å²) in [5.41, 5.74) is 6.40. The van der Waals surface area contributed by atoms with E-state index < -0.39 is 6.04 Å². The minimum Gasteiger partial charge on any atom is -0.414 e. The van der Waals surface area contributed by atoms with Crippen molar-refractivity contribution in [1.29, 1.82) is 0 Å². The predicted octanol–water partition coefficient (Wildman–Crippen LogP) is 1.66. The summed E-state index contributed by atoms with van der Waals surface area (Å²) < 4.78 is 5.30. The van der Waals surface area contributed by atoms with Crippen molar-refractivity contribution in [3.8, 4) is 11.5 Å². The number of carbonyl (C=O) groups is 1. The molecular formula is C12H13N3O2. The quantitative estimate of drug-likeness (QED) is 0.809. The molecule has 0 bridgehead atoms. The van der Waals surface area contributed by atoms with E-state index in [1.54, 1.807) is 0 Å². The molecule has 1 heterocycles. The fourth-order valence-electron chi connectivity index (χ4n) is 1.36. The summed E-state index contributed by atoms with van der Waals surface area (Å²) in [7, 11) is 0. The fraction of sp³-hybridized carbons (Fsp3) is 0.250. The molecule has 0 unspecified atom stereocenters. The highest BCUT2D eigenvalue weighted by Crippen LogP contribution is 2.17. The summed E-state index contributed by atoms with van der Waals surface area (Å²) in [4.78, 5) is 11.7. The van der Waals surface area contributed by atoms with Crippen LogP contribution in [0.25, 0.3) is 11.5 Å². The molecule has 0 aliphatic rings. The summed E-state index contributed by atoms with van der Waals surface area (Å²) >= 11 is 0. The standard InChI is InChI=1S/C12H13N3O2/c1-2-9(13)10(16)12-15-14-11(17-12)8-6-4-3-5-7-8/h3-7,9H,2,13H2,1H3/t9-/m0/s1. The van der Waals surface area contributed by atoms with Gasteiger partial charge in [-0.1, -0.05) is 25.1 Å². The largest absolute Gasteiger partial charge is 0.414 e. The van der Waals surface area contributed by atoms with Crippen molar-refractivity contribution >= 4 is 5.78 Å². The van der Waals surface area contributed by atoms with Crippen molar-refractivity contribution in [1.82, 2.24) is 10.2 Å². The van der Waals surface area contributed by atoms with Gasteiger partial charge in [-0.2, -0.15) is 0 Å². The molecule has 2 N–H and O–H groups in total. The molecule has 1 aromatic carbocycles. The molecule has 2 aromatic rings. The van der Waals surface area contributed by atoms with E-state index in [0.29, 0.717) is 12.3 Å². The van der Waals surface area contributed by atoms with Gasteiger partial charge >= 0.3 is 0 Å². The zero-order chi connectivity index (χ0) is 12.3. The molecule has 0 amide bonds. The van der Waals surface area contributed by atoms with Gasteiger partial charge in [0.2, 0.25) is 11.7 Å². The summed E-state index contributed by atoms with van der Waals surface area (Å²) in [5.74, 6) is -0.0161. The van der Waals surface area contributed by atoms with Gasteiger partial charge in [-0.05, 0) is 18.6 Å². The molecule has 88 valence electrons. The van der Waals surface area contributed by atoms with Crippen LogP contribution in [0.3, 0.4) is 0 Å². The van der Waals surface area contributed by atoms with Crippen molar-refractivity contribution in [2.75, 3.05) is 0 Å². The van der Waals surface area contributed by atoms with Crippen LogP contribution >= 0.6 is 0 Å². The highest BCUT2D eigenvalue weighted by atomic mass is 16.4. The minimum absolute atomic E-state index is 0.0294. The lowest BCUT2D eigenvalue weighted by molar-refractivity contribution is 0.0926. The number of ketones is 1. The normalized spacial score (nSPS) is 12.4. The molecule has 17 heavy (non-hydrogen) atoms. The van der Waals surface area contributed by atoms with Crippen molar-refractivity contribution < 1.29 is 9.21 Å². The molecule has 1 atom stereocenters. The molecular weight excluding hydrogens is 218 g/mol. The first-order valence-corrected chi connectivity index (χ1v) is 5.41. The second kappa shape index (κ2) is 4.88. The molecule has 5 heteroatoms. The Morgan fingerprint density at radius 1 is 1.35 bits per heavy atom. The second-order valence-corrected chi connectivity index (χ2v) is 3.66. The minimum atomic E-state index is -0.584. The first-order valence-electron chi connectivity index (χ1n) is 5.41. The van der Waals surface area contributed by atoms with Gasteiger partial charge in [-0.15, -0.1) is 10.2 Å². The van der Waals surface area contributed by atoms with Gasteiger partial charge in [0.05, 0.1) is 6.04 Å². The maximum atomic E-state index is 11.7. The van der Waals surface area contributed by atoms with Crippen LogP contribution in [-0.2, 0) is 0 Å². The number of rotatable bonds is 4. The Morgan fingerprint density at radius 2 is 2.06 bits per heavy atom. The van der Waals surface area contributed by atoms with Gasteiger partial charge in [0, 0.05) is 5.56 Å². The number of benzene rings is 1. The summed E-state index contributed by atoms with van der Waals surface area (Å²) in [6, 6.07) is 8.69. The summed E-state index contributed by atoms with van der Waals surface area (Å²) in [6.07, 6.45) is 0.544. The molecule has 0 spiro atoms. The third kappa shape index (κ3) is 2.39. The average molecular weight is 231 g/mol. The number of aromatic nitrogens is 2. The predicted molar refractivity (Wildman–Crippen MR) is 62.3 cm³/mol. The van der Waals surface area contributed by atoms with Crippen LogP contribution in [-0.4, -0.2) is 22.0 Å². The first-order chi connectivity index (χ1) is 8.22. The SMILES string of the molecule is CC[C@H](N)C(=O)c1nnc(-c2ccccc2)o1. The summed E-state index contributed by atoms with van der Waals surface area (Å²) in [5, 5.41) is 7.55. The Hall–Kier alpha value is -2.01. The number of hydrogen-bond donors (Lipinski definition) is 1. The molecule has 5 nitrogen and oxygen atoms in total. The number of nitrogens with two attached hydrogens (primary N) is 1. The fourth-order valence-corrected chi connectivity index (χ4v) is 1.36. The first kappa shape index (κ1) is 11.5. The van der Waals surface area contributed by atoms with Gasteiger partial charge in [0.1, 0.15) is 0 Å². The lowest BCUT2D eigenvalue weighted by atomic mass is 10.1. The smallest absolute Gasteiger partial charge is 0.285 e. The highest BCUT2D eigenvalue weighted by molar-refractivity contribution is 5.95. The Balaban J connectivity index is 2.25. The monoisotopic (exact) mass is 231 g/mol. The number of Topliss-reactive ketones (excluding diaryl/α,β-unsaturated/α-hetero) is 1. The average Bonchev–Trinajstić information content (AvgIpc) is 2.87. The van der Waals surface area contributed by atoms with Crippen LogP contribution in [0.1, 0.15) is 24.0 Å². The van der Waals surface area contributed by atoms with E-state index in [9.17, 15) is 4.79 Å². The van der Waals surface area contributed by atoms with E-state index in [4.69, 9.17) is 10.2 Å². The van der Waals surface area contributed by atoms with Crippen molar-refractivity contribution in [2.24, 2.45) is 5.73 Å². The van der Waals surface area contributed by atoms with E-state index >= 15 is 0 Å². The molecule has 0 radical (unpaired) electrons. The van der Waals surface area contributed by atoms with Gasteiger partial charge < -0.3 is 10.2 Å². The topological polar surface area (TPSA) is 82.0 Å². The van der Waals surface area contributed by atoms with Gasteiger partial charge in [0.15, 0.2) is 0 Å². The Morgan fingerprint density at radius 3 is 2.71 bits per heavy atom. The van der Waals surface area contributed by atoms with E-state index in [1.165, 1.54) is 0 Å². The Kier molecular flexibility index (Phi) is 3.30. The zero-order valence-electron chi connectivity index (χ0n) is 9.46. The molecule has 2 rings (SSSR count). The number of hydrogen-bond acceptors (Lipinski definition) is 5. The van der Waals surface area contributed by atoms with Crippen LogP contribution in [0.2, 0.25) is 0 Å². The van der Waals surface area contributed by atoms with Crippen molar-refractivity contribution in [3.05, 3.63) is 36.2 Å². The van der Waals surface area contributed by atoms with E-state index in [1.807, 2.05) is 37.3 Å². The van der Waals surface area contributed by atoms with Crippen LogP contribution in [0.15, 0.2) is 34.7 Å². The zero-order valence-corrected chi connectivity index (χ0v) is 9.46. The molecule has 1 aromatic heterocycles. The lowest BCUT2D eigenvalue weighted by Gasteiger charge is -2.01. The third-order valence-electron chi connectivity index (χ3n) is 2.43. The highest BCUT2D eigenvalue weighted by Gasteiger charge is 2.20. The Labute approximate surface area is 98.7 Å². The molecule has 0 saturated carbocycles. The Bertz CT molecular complexity index is 507. The maximum absolute atomic E-state index is 11.7. The van der Waals surface area contributed by atoms with Crippen molar-refractivity contribution in [3.63, 3.8) is 0 Å². The number of nitrogens with zero attached hydrogens (tertiary/aromatic N) is 2. The molecule has 0 saturated heterocycles. The maximum Gasteiger partial charge on any atom is 0.285 e. The van der Waals surface area contributed by atoms with Crippen LogP contribution in [0.5, 0.6) is 0 Å². The van der Waals surface area contributed by atoms with Crippen molar-refractivity contribution in [2.45, 2.75) is 19.4 Å². The van der Waals surface area contributed by atoms with Crippen LogP contribution in [0.4, 0.5) is 0 Å². The summed E-state index contributed by atoms with van der Waals surface area (Å²) in [6.45, 7) is 1.83. The molecule has 0 fully saturated rings. The van der Waals surface area contributed by atoms with E-state index in [-0.39, 0.29) is 11.7 Å². The van der Waals surface area contributed by atoms with E-state index in [0.717, 1.165) is 5.56 Å². The third-order valence-corrected chi connectivity index (χ3v) is 2.43. The lowest BCUT2D eigenvalue weighted by Crippen LogP contribution is -2.29. The van der Waals surface area contributed by atoms with Crippen LogP contribution in [0, 0.1) is 0 Å². The van der Waals surface area contributed by atoms with Gasteiger partial charge in [-0.25, -0.2) is 0 Å². The molecule has 0 aliphatic heterocycles. The van der Waals surface area contributed by atoms with E-state index in [2.05, 4.69) is 10.2 Å². The van der Waals surface area contributed by atoms with Crippen LogP contribution < -0.4 is 5.73 Å². The second-order valence-electron chi connectivity index (χ2n) is 3.66. The van der Waals surface area contributed by atoms with Gasteiger partial charge in [0.25, 0.3) is 5.89 Å².